The minimum Gasteiger partial charge on any atom is -0.495 e. The van der Waals surface area contributed by atoms with Crippen molar-refractivity contribution in [3.8, 4) is 5.75 Å². The van der Waals surface area contributed by atoms with E-state index in [0.717, 1.165) is 0 Å². The van der Waals surface area contributed by atoms with Gasteiger partial charge in [-0.15, -0.1) is 0 Å². The number of rotatable bonds is 4. The summed E-state index contributed by atoms with van der Waals surface area (Å²) in [5.74, 6) is 0.307. The fraction of sp³-hybridized carbons (Fsp3) is 0.333. The third-order valence-electron chi connectivity index (χ3n) is 2.29. The van der Waals surface area contributed by atoms with Gasteiger partial charge in [0.1, 0.15) is 5.75 Å². The average molecular weight is 266 g/mol. The fourth-order valence-corrected chi connectivity index (χ4v) is 1.51. The lowest BCUT2D eigenvalue weighted by molar-refractivity contribution is 0.250. The van der Waals surface area contributed by atoms with Crippen molar-refractivity contribution < 1.29 is 14.7 Å². The van der Waals surface area contributed by atoms with Crippen LogP contribution in [0.3, 0.4) is 0 Å². The van der Waals surface area contributed by atoms with Crippen LogP contribution in [0, 0.1) is 0 Å². The van der Waals surface area contributed by atoms with E-state index in [1.165, 1.54) is 7.11 Å². The van der Waals surface area contributed by atoms with Crippen molar-refractivity contribution in [3.05, 3.63) is 23.8 Å². The molecule has 0 aliphatic carbocycles. The first-order valence-corrected chi connectivity index (χ1v) is 5.72. The topological polar surface area (TPSA) is 109 Å². The molecule has 7 heteroatoms. The molecule has 0 saturated heterocycles. The highest BCUT2D eigenvalue weighted by molar-refractivity contribution is 6.06. The Morgan fingerprint density at radius 1 is 1.47 bits per heavy atom. The van der Waals surface area contributed by atoms with Crippen LogP contribution >= 0.6 is 0 Å². The Morgan fingerprint density at radius 3 is 2.68 bits per heavy atom. The molecule has 7 nitrogen and oxygen atoms in total. The van der Waals surface area contributed by atoms with Crippen molar-refractivity contribution in [3.63, 3.8) is 0 Å². The third kappa shape index (κ3) is 3.77. The predicted molar refractivity (Wildman–Crippen MR) is 72.8 cm³/mol. The summed E-state index contributed by atoms with van der Waals surface area (Å²) in [5.41, 5.74) is 6.29. The molecule has 104 valence electrons. The Morgan fingerprint density at radius 2 is 2.16 bits per heavy atom. The molecular formula is C12H18N4O3. The number of hydrogen-bond acceptors (Lipinski definition) is 4. The van der Waals surface area contributed by atoms with Gasteiger partial charge in [-0.1, -0.05) is 11.2 Å². The molecule has 0 fully saturated rings. The second-order valence-corrected chi connectivity index (χ2v) is 4.12. The van der Waals surface area contributed by atoms with Gasteiger partial charge in [0.25, 0.3) is 0 Å². The van der Waals surface area contributed by atoms with Crippen LogP contribution in [-0.2, 0) is 0 Å². The van der Waals surface area contributed by atoms with Crippen LogP contribution in [0.1, 0.15) is 19.4 Å². The van der Waals surface area contributed by atoms with Gasteiger partial charge in [-0.25, -0.2) is 4.79 Å². The number of amidine groups is 1. The number of anilines is 1. The Labute approximate surface area is 111 Å². The summed E-state index contributed by atoms with van der Waals surface area (Å²) in [6, 6.07) is 4.55. The number of nitrogens with two attached hydrogens (primary N) is 1. The molecule has 0 aliphatic heterocycles. The van der Waals surface area contributed by atoms with Gasteiger partial charge in [0.05, 0.1) is 12.8 Å². The van der Waals surface area contributed by atoms with Crippen molar-refractivity contribution in [1.82, 2.24) is 5.32 Å². The van der Waals surface area contributed by atoms with Crippen LogP contribution in [0.5, 0.6) is 5.75 Å². The van der Waals surface area contributed by atoms with Gasteiger partial charge in [0.2, 0.25) is 0 Å². The van der Waals surface area contributed by atoms with E-state index in [2.05, 4.69) is 15.8 Å². The van der Waals surface area contributed by atoms with Crippen LogP contribution in [0.2, 0.25) is 0 Å². The SMILES string of the molecule is COc1cccc(/C(N)=N/O)c1NC(=O)NC(C)C. The van der Waals surface area contributed by atoms with E-state index in [4.69, 9.17) is 15.7 Å². The van der Waals surface area contributed by atoms with Crippen molar-refractivity contribution in [2.45, 2.75) is 19.9 Å². The smallest absolute Gasteiger partial charge is 0.319 e. The fourth-order valence-electron chi connectivity index (χ4n) is 1.51. The zero-order valence-electron chi connectivity index (χ0n) is 11.1. The summed E-state index contributed by atoms with van der Waals surface area (Å²) in [6.07, 6.45) is 0. The number of carbonyl (C=O) groups excluding carboxylic acids is 1. The van der Waals surface area contributed by atoms with Crippen LogP contribution < -0.4 is 21.1 Å². The lowest BCUT2D eigenvalue weighted by Gasteiger charge is -2.15. The number of amides is 2. The number of ether oxygens (including phenoxy) is 1. The molecule has 0 saturated carbocycles. The van der Waals surface area contributed by atoms with Crippen LogP contribution in [0.15, 0.2) is 23.4 Å². The molecule has 1 aromatic carbocycles. The summed E-state index contributed by atoms with van der Waals surface area (Å²) in [6.45, 7) is 3.68. The van der Waals surface area contributed by atoms with Crippen molar-refractivity contribution in [1.29, 1.82) is 0 Å². The number of urea groups is 1. The highest BCUT2D eigenvalue weighted by Crippen LogP contribution is 2.28. The van der Waals surface area contributed by atoms with Gasteiger partial charge in [0.15, 0.2) is 5.84 Å². The summed E-state index contributed by atoms with van der Waals surface area (Å²) in [7, 11) is 1.47. The third-order valence-corrected chi connectivity index (χ3v) is 2.29. The summed E-state index contributed by atoms with van der Waals surface area (Å²) >= 11 is 0. The van der Waals surface area contributed by atoms with Crippen molar-refractivity contribution >= 4 is 17.6 Å². The first-order valence-electron chi connectivity index (χ1n) is 5.72. The number of carbonyl (C=O) groups is 1. The Balaban J connectivity index is 3.12. The zero-order valence-corrected chi connectivity index (χ0v) is 11.1. The molecule has 0 radical (unpaired) electrons. The quantitative estimate of drug-likeness (QED) is 0.285. The number of methoxy groups -OCH3 is 1. The average Bonchev–Trinajstić information content (AvgIpc) is 2.37. The Bertz CT molecular complexity index is 486. The summed E-state index contributed by atoms with van der Waals surface area (Å²) < 4.78 is 5.15. The number of para-hydroxylation sites is 1. The van der Waals surface area contributed by atoms with Crippen LogP contribution in [0.4, 0.5) is 10.5 Å². The molecule has 0 unspecified atom stereocenters. The maximum absolute atomic E-state index is 11.7. The van der Waals surface area contributed by atoms with Gasteiger partial charge in [-0.05, 0) is 26.0 Å². The van der Waals surface area contributed by atoms with E-state index in [9.17, 15) is 4.79 Å². The first-order chi connectivity index (χ1) is 8.99. The molecule has 5 N–H and O–H groups in total. The number of hydrogen-bond donors (Lipinski definition) is 4. The second kappa shape index (κ2) is 6.48. The molecular weight excluding hydrogens is 248 g/mol. The van der Waals surface area contributed by atoms with Crippen LogP contribution in [0.25, 0.3) is 0 Å². The van der Waals surface area contributed by atoms with E-state index in [1.807, 2.05) is 13.8 Å². The van der Waals surface area contributed by atoms with E-state index in [1.54, 1.807) is 18.2 Å². The molecule has 0 atom stereocenters. The minimum atomic E-state index is -0.397. The van der Waals surface area contributed by atoms with Gasteiger partial charge < -0.3 is 26.3 Å². The van der Waals surface area contributed by atoms with E-state index in [-0.39, 0.29) is 11.9 Å². The molecule has 0 aliphatic rings. The lowest BCUT2D eigenvalue weighted by atomic mass is 10.1. The lowest BCUT2D eigenvalue weighted by Crippen LogP contribution is -2.35. The molecule has 0 bridgehead atoms. The summed E-state index contributed by atoms with van der Waals surface area (Å²) in [5, 5.41) is 17.0. The highest BCUT2D eigenvalue weighted by atomic mass is 16.5. The van der Waals surface area contributed by atoms with Crippen molar-refractivity contribution in [2.75, 3.05) is 12.4 Å². The maximum Gasteiger partial charge on any atom is 0.319 e. The molecule has 1 aromatic rings. The molecule has 0 aromatic heterocycles. The zero-order chi connectivity index (χ0) is 14.4. The van der Waals surface area contributed by atoms with Gasteiger partial charge in [-0.3, -0.25) is 0 Å². The molecule has 0 spiro atoms. The Kier molecular flexibility index (Phi) is 4.99. The first kappa shape index (κ1) is 14.6. The van der Waals surface area contributed by atoms with Crippen molar-refractivity contribution in [2.24, 2.45) is 10.9 Å². The summed E-state index contributed by atoms with van der Waals surface area (Å²) in [4.78, 5) is 11.7. The molecule has 1 rings (SSSR count). The van der Waals surface area contributed by atoms with Crippen LogP contribution in [-0.4, -0.2) is 30.2 Å². The largest absolute Gasteiger partial charge is 0.495 e. The van der Waals surface area contributed by atoms with E-state index >= 15 is 0 Å². The molecule has 19 heavy (non-hydrogen) atoms. The number of oxime groups is 1. The van der Waals surface area contributed by atoms with Gasteiger partial charge >= 0.3 is 6.03 Å². The second-order valence-electron chi connectivity index (χ2n) is 4.12. The Hall–Kier alpha value is -2.44. The predicted octanol–water partition coefficient (Wildman–Crippen LogP) is 1.32. The highest BCUT2D eigenvalue weighted by Gasteiger charge is 2.15. The van der Waals surface area contributed by atoms with E-state index < -0.39 is 6.03 Å². The van der Waals surface area contributed by atoms with Gasteiger partial charge in [0, 0.05) is 11.6 Å². The normalized spacial score (nSPS) is 11.3. The molecule has 0 heterocycles. The standard InChI is InChI=1S/C12H18N4O3/c1-7(2)14-12(17)15-10-8(11(13)16-18)5-4-6-9(10)19-3/h4-7,18H,1-3H3,(H2,13,16)(H2,14,15,17). The number of benzene rings is 1. The minimum absolute atomic E-state index is 0.0120. The molecule has 2 amide bonds. The van der Waals surface area contributed by atoms with E-state index in [0.29, 0.717) is 17.0 Å². The maximum atomic E-state index is 11.7. The monoisotopic (exact) mass is 266 g/mol. The van der Waals surface area contributed by atoms with Gasteiger partial charge in [-0.2, -0.15) is 0 Å². The number of nitrogens with zero attached hydrogens (tertiary/aromatic N) is 1. The number of nitrogens with one attached hydrogen (secondary N) is 2.